The molecule has 10 heteroatoms. The molecule has 0 saturated carbocycles. The highest BCUT2D eigenvalue weighted by Gasteiger charge is 2.26. The Kier molecular flexibility index (Phi) is 8.37. The lowest BCUT2D eigenvalue weighted by atomic mass is 10.1. The summed E-state index contributed by atoms with van der Waals surface area (Å²) in [5, 5.41) is 7.10. The number of methoxy groups -OCH3 is 2. The van der Waals surface area contributed by atoms with E-state index < -0.39 is 0 Å². The summed E-state index contributed by atoms with van der Waals surface area (Å²) in [7, 11) is 3.15. The average molecular weight is 540 g/mol. The molecule has 0 bridgehead atoms. The van der Waals surface area contributed by atoms with Gasteiger partial charge in [0.2, 0.25) is 5.78 Å². The zero-order valence-corrected chi connectivity index (χ0v) is 21.9. The summed E-state index contributed by atoms with van der Waals surface area (Å²) in [4.78, 5) is 26.7. The average Bonchev–Trinajstić information content (AvgIpc) is 3.55. The van der Waals surface area contributed by atoms with E-state index in [0.29, 0.717) is 52.4 Å². The van der Waals surface area contributed by atoms with Crippen molar-refractivity contribution in [3.05, 3.63) is 93.2 Å². The van der Waals surface area contributed by atoms with E-state index in [2.05, 4.69) is 10.6 Å². The van der Waals surface area contributed by atoms with Crippen LogP contribution in [0.1, 0.15) is 36.9 Å². The van der Waals surface area contributed by atoms with E-state index in [1.165, 1.54) is 0 Å². The Morgan fingerprint density at radius 2 is 1.81 bits per heavy atom. The number of furan rings is 1. The lowest BCUT2D eigenvalue weighted by molar-refractivity contribution is 0.0956. The zero-order chi connectivity index (χ0) is 26.4. The fourth-order valence-electron chi connectivity index (χ4n) is 3.72. The summed E-state index contributed by atoms with van der Waals surface area (Å²) >= 11 is 7.09. The van der Waals surface area contributed by atoms with Crippen molar-refractivity contribution in [2.75, 3.05) is 31.8 Å². The molecular formula is C27H26ClN3O5S. The second-order valence-corrected chi connectivity index (χ2v) is 9.47. The molecule has 0 unspecified atom stereocenters. The van der Waals surface area contributed by atoms with Crippen LogP contribution < -0.4 is 25.8 Å². The molecule has 37 heavy (non-hydrogen) atoms. The molecule has 2 heterocycles. The number of hydrogen-bond acceptors (Lipinski definition) is 8. The van der Waals surface area contributed by atoms with Crippen LogP contribution in [-0.4, -0.2) is 32.5 Å². The molecule has 192 valence electrons. The van der Waals surface area contributed by atoms with E-state index in [9.17, 15) is 9.59 Å². The number of thiophene rings is 1. The number of benzene rings is 2. The first-order valence-corrected chi connectivity index (χ1v) is 12.6. The van der Waals surface area contributed by atoms with E-state index in [4.69, 9.17) is 31.2 Å². The smallest absolute Gasteiger partial charge is 0.256 e. The first-order chi connectivity index (χ1) is 17.9. The van der Waals surface area contributed by atoms with E-state index in [-0.39, 0.29) is 27.8 Å². The van der Waals surface area contributed by atoms with Crippen LogP contribution in [0.25, 0.3) is 0 Å². The van der Waals surface area contributed by atoms with Gasteiger partial charge >= 0.3 is 0 Å². The molecule has 4 rings (SSSR count). The predicted molar refractivity (Wildman–Crippen MR) is 145 cm³/mol. The minimum absolute atomic E-state index is 0.121. The maximum atomic E-state index is 13.3. The third-order valence-corrected chi connectivity index (χ3v) is 7.05. The van der Waals surface area contributed by atoms with E-state index in [1.807, 2.05) is 24.3 Å². The Morgan fingerprint density at radius 3 is 2.49 bits per heavy atom. The second-order valence-electron chi connectivity index (χ2n) is 8.01. The van der Waals surface area contributed by atoms with Crippen LogP contribution in [0.2, 0.25) is 5.02 Å². The third kappa shape index (κ3) is 6.07. The highest BCUT2D eigenvalue weighted by molar-refractivity contribution is 7.19. The standard InChI is InChI=1S/C27H26ClN3O5S/c1-34-20-10-5-16(14-21(20)35-2)11-12-30-26(33)22-23(29)25(24(32)17-6-8-18(28)9-7-17)37-27(22)31-15-19-4-3-13-36-19/h3-10,13-14,31H,11-12,15,29H2,1-2H3,(H,30,33). The molecule has 1 amide bonds. The topological polar surface area (TPSA) is 116 Å². The second kappa shape index (κ2) is 11.9. The Bertz CT molecular complexity index is 1380. The maximum absolute atomic E-state index is 13.3. The summed E-state index contributed by atoms with van der Waals surface area (Å²) in [6.07, 6.45) is 2.12. The zero-order valence-electron chi connectivity index (χ0n) is 20.3. The van der Waals surface area contributed by atoms with Crippen LogP contribution >= 0.6 is 22.9 Å². The number of nitrogens with two attached hydrogens (primary N) is 1. The number of rotatable bonds is 11. The van der Waals surface area contributed by atoms with Crippen molar-refractivity contribution in [2.45, 2.75) is 13.0 Å². The first-order valence-electron chi connectivity index (χ1n) is 11.4. The van der Waals surface area contributed by atoms with Gasteiger partial charge in [-0.05, 0) is 60.5 Å². The fraction of sp³-hybridized carbons (Fsp3) is 0.185. The largest absolute Gasteiger partial charge is 0.493 e. The minimum Gasteiger partial charge on any atom is -0.493 e. The van der Waals surface area contributed by atoms with Crippen LogP contribution in [0.3, 0.4) is 0 Å². The van der Waals surface area contributed by atoms with Gasteiger partial charge in [-0.2, -0.15) is 0 Å². The van der Waals surface area contributed by atoms with E-state index in [1.54, 1.807) is 50.8 Å². The van der Waals surface area contributed by atoms with E-state index in [0.717, 1.165) is 16.9 Å². The molecule has 0 spiro atoms. The maximum Gasteiger partial charge on any atom is 0.256 e. The van der Waals surface area contributed by atoms with Gasteiger partial charge in [0.05, 0.1) is 38.3 Å². The van der Waals surface area contributed by atoms with Crippen LogP contribution in [0, 0.1) is 0 Å². The fourth-order valence-corrected chi connectivity index (χ4v) is 4.92. The van der Waals surface area contributed by atoms with Gasteiger partial charge in [-0.1, -0.05) is 17.7 Å². The number of hydrogen-bond donors (Lipinski definition) is 3. The number of carbonyl (C=O) groups is 2. The quantitative estimate of drug-likeness (QED) is 0.218. The van der Waals surface area contributed by atoms with Crippen LogP contribution in [-0.2, 0) is 13.0 Å². The minimum atomic E-state index is -0.383. The predicted octanol–water partition coefficient (Wildman–Crippen LogP) is 5.41. The lowest BCUT2D eigenvalue weighted by Gasteiger charge is -2.11. The number of ketones is 1. The van der Waals surface area contributed by atoms with Gasteiger partial charge in [0.1, 0.15) is 15.6 Å². The number of halogens is 1. The molecule has 0 fully saturated rings. The lowest BCUT2D eigenvalue weighted by Crippen LogP contribution is -2.27. The summed E-state index contributed by atoms with van der Waals surface area (Å²) in [5.74, 6) is 1.25. The SMILES string of the molecule is COc1ccc(CCNC(=O)c2c(NCc3ccco3)sc(C(=O)c3ccc(Cl)cc3)c2N)cc1OC. The van der Waals surface area contributed by atoms with Crippen molar-refractivity contribution in [2.24, 2.45) is 0 Å². The van der Waals surface area contributed by atoms with Crippen LogP contribution in [0.5, 0.6) is 11.5 Å². The van der Waals surface area contributed by atoms with Crippen molar-refractivity contribution < 1.29 is 23.5 Å². The van der Waals surface area contributed by atoms with Gasteiger partial charge in [0, 0.05) is 17.1 Å². The normalized spacial score (nSPS) is 10.7. The Balaban J connectivity index is 1.54. The van der Waals surface area contributed by atoms with E-state index >= 15 is 0 Å². The molecule has 0 aliphatic carbocycles. The summed E-state index contributed by atoms with van der Waals surface area (Å²) in [6, 6.07) is 15.7. The molecule has 4 N–H and O–H groups in total. The van der Waals surface area contributed by atoms with Crippen molar-refractivity contribution in [1.82, 2.24) is 5.32 Å². The number of nitrogens with one attached hydrogen (secondary N) is 2. The van der Waals surface area contributed by atoms with Gasteiger partial charge in [0.25, 0.3) is 5.91 Å². The number of carbonyl (C=O) groups excluding carboxylic acids is 2. The molecule has 0 aliphatic rings. The molecule has 2 aromatic heterocycles. The van der Waals surface area contributed by atoms with Crippen LogP contribution in [0.4, 0.5) is 10.7 Å². The van der Waals surface area contributed by atoms with Gasteiger partial charge in [-0.15, -0.1) is 11.3 Å². The number of ether oxygens (including phenoxy) is 2. The molecule has 4 aromatic rings. The Labute approximate surface area is 223 Å². The monoisotopic (exact) mass is 539 g/mol. The summed E-state index contributed by atoms with van der Waals surface area (Å²) in [6.45, 7) is 0.676. The molecule has 0 radical (unpaired) electrons. The highest BCUT2D eigenvalue weighted by atomic mass is 35.5. The third-order valence-electron chi connectivity index (χ3n) is 5.64. The van der Waals surface area contributed by atoms with Crippen LogP contribution in [0.15, 0.2) is 65.3 Å². The Morgan fingerprint density at radius 1 is 1.05 bits per heavy atom. The Hall–Kier alpha value is -3.95. The first kappa shape index (κ1) is 26.1. The highest BCUT2D eigenvalue weighted by Crippen LogP contribution is 2.37. The number of nitrogen functional groups attached to an aromatic ring is 1. The summed E-state index contributed by atoms with van der Waals surface area (Å²) < 4.78 is 16.0. The molecule has 0 aliphatic heterocycles. The molecule has 0 atom stereocenters. The number of anilines is 2. The van der Waals surface area contributed by atoms with Crippen molar-refractivity contribution in [1.29, 1.82) is 0 Å². The summed E-state index contributed by atoms with van der Waals surface area (Å²) in [5.41, 5.74) is 8.12. The van der Waals surface area contributed by atoms with Crippen molar-refractivity contribution in [3.63, 3.8) is 0 Å². The van der Waals surface area contributed by atoms with Gasteiger partial charge in [0.15, 0.2) is 11.5 Å². The molecule has 8 nitrogen and oxygen atoms in total. The van der Waals surface area contributed by atoms with Crippen molar-refractivity contribution in [3.8, 4) is 11.5 Å². The van der Waals surface area contributed by atoms with Gasteiger partial charge in [-0.3, -0.25) is 9.59 Å². The molecule has 2 aromatic carbocycles. The van der Waals surface area contributed by atoms with Gasteiger partial charge in [-0.25, -0.2) is 0 Å². The number of amides is 1. The van der Waals surface area contributed by atoms with Crippen molar-refractivity contribution >= 4 is 45.3 Å². The molecular weight excluding hydrogens is 514 g/mol. The molecule has 0 saturated heterocycles. The van der Waals surface area contributed by atoms with Gasteiger partial charge < -0.3 is 30.3 Å².